The van der Waals surface area contributed by atoms with Crippen molar-refractivity contribution in [2.45, 2.75) is 25.7 Å². The molecule has 1 unspecified atom stereocenters. The Morgan fingerprint density at radius 1 is 1.20 bits per heavy atom. The van der Waals surface area contributed by atoms with Crippen molar-refractivity contribution in [1.82, 2.24) is 15.0 Å². The van der Waals surface area contributed by atoms with Gasteiger partial charge in [-0.2, -0.15) is 9.97 Å². The Balaban J connectivity index is 1.47. The molecule has 0 saturated heterocycles. The molecule has 1 aliphatic rings. The largest absolute Gasteiger partial charge is 0.462 e. The van der Waals surface area contributed by atoms with Crippen molar-refractivity contribution in [1.29, 1.82) is 0 Å². The maximum Gasteiger partial charge on any atom is 0.338 e. The molecule has 8 nitrogen and oxygen atoms in total. The normalized spacial score (nSPS) is 14.6. The van der Waals surface area contributed by atoms with Crippen LogP contribution in [-0.2, 0) is 4.74 Å². The first kappa shape index (κ1) is 19.6. The van der Waals surface area contributed by atoms with Gasteiger partial charge in [0, 0.05) is 36.1 Å². The lowest BCUT2D eigenvalue weighted by Crippen LogP contribution is -2.08. The summed E-state index contributed by atoms with van der Waals surface area (Å²) in [5, 5.41) is 6.45. The monoisotopic (exact) mass is 404 g/mol. The number of pyridine rings is 1. The second-order valence-corrected chi connectivity index (χ2v) is 7.10. The van der Waals surface area contributed by atoms with E-state index in [9.17, 15) is 4.79 Å². The standard InChI is InChI=1S/C22H24N6O2/c1-2-3-12-30-21(29)15-4-6-16(7-5-15)26-22-27-19(23)18-17(13-25-20(18)28-22)14-8-10-24-11-9-14/h4-11,17H,2-3,12-13H2,1H3,(H4,23,25,26,27,28). The molecule has 2 aromatic heterocycles. The summed E-state index contributed by atoms with van der Waals surface area (Å²) in [4.78, 5) is 25.1. The van der Waals surface area contributed by atoms with Gasteiger partial charge in [-0.1, -0.05) is 13.3 Å². The average molecular weight is 404 g/mol. The summed E-state index contributed by atoms with van der Waals surface area (Å²) in [6, 6.07) is 11.0. The molecule has 4 N–H and O–H groups in total. The Hall–Kier alpha value is -3.68. The van der Waals surface area contributed by atoms with Crippen LogP contribution in [0.1, 0.15) is 47.2 Å². The lowest BCUT2D eigenvalue weighted by molar-refractivity contribution is 0.0500. The maximum absolute atomic E-state index is 12.0. The highest BCUT2D eigenvalue weighted by Gasteiger charge is 2.29. The van der Waals surface area contributed by atoms with Crippen molar-refractivity contribution in [3.05, 3.63) is 65.5 Å². The Labute approximate surface area is 174 Å². The summed E-state index contributed by atoms with van der Waals surface area (Å²) in [6.45, 7) is 3.19. The van der Waals surface area contributed by atoms with E-state index in [2.05, 4.69) is 32.5 Å². The molecule has 0 aliphatic carbocycles. The first-order chi connectivity index (χ1) is 14.7. The fraction of sp³-hybridized carbons (Fsp3) is 0.273. The number of carbonyl (C=O) groups is 1. The predicted octanol–water partition coefficient (Wildman–Crippen LogP) is 3.71. The maximum atomic E-state index is 12.0. The van der Waals surface area contributed by atoms with Crippen LogP contribution >= 0.6 is 0 Å². The number of rotatable bonds is 7. The molecule has 0 fully saturated rings. The van der Waals surface area contributed by atoms with E-state index < -0.39 is 0 Å². The number of fused-ring (bicyclic) bond motifs is 1. The van der Waals surface area contributed by atoms with Gasteiger partial charge in [-0.15, -0.1) is 0 Å². The number of nitrogens with zero attached hydrogens (tertiary/aromatic N) is 3. The number of benzene rings is 1. The summed E-state index contributed by atoms with van der Waals surface area (Å²) >= 11 is 0. The Bertz CT molecular complexity index is 1020. The van der Waals surface area contributed by atoms with E-state index in [0.29, 0.717) is 30.5 Å². The van der Waals surface area contributed by atoms with Crippen LogP contribution in [0.3, 0.4) is 0 Å². The van der Waals surface area contributed by atoms with Crippen molar-refractivity contribution in [2.75, 3.05) is 29.5 Å². The second kappa shape index (κ2) is 8.77. The van der Waals surface area contributed by atoms with E-state index in [0.717, 1.165) is 35.5 Å². The molecule has 0 saturated carbocycles. The quantitative estimate of drug-likeness (QED) is 0.403. The fourth-order valence-corrected chi connectivity index (χ4v) is 3.41. The Morgan fingerprint density at radius 3 is 2.70 bits per heavy atom. The van der Waals surface area contributed by atoms with Gasteiger partial charge in [0.25, 0.3) is 0 Å². The molecule has 30 heavy (non-hydrogen) atoms. The van der Waals surface area contributed by atoms with Crippen LogP contribution < -0.4 is 16.4 Å². The van der Waals surface area contributed by atoms with Gasteiger partial charge < -0.3 is 21.1 Å². The molecule has 1 aromatic carbocycles. The van der Waals surface area contributed by atoms with E-state index in [1.807, 2.05) is 12.1 Å². The zero-order chi connectivity index (χ0) is 20.9. The molecular weight excluding hydrogens is 380 g/mol. The molecule has 0 spiro atoms. The first-order valence-electron chi connectivity index (χ1n) is 10.0. The molecule has 3 heterocycles. The molecule has 8 heteroatoms. The second-order valence-electron chi connectivity index (χ2n) is 7.10. The number of nitrogens with two attached hydrogens (primary N) is 1. The van der Waals surface area contributed by atoms with Crippen molar-refractivity contribution in [3.63, 3.8) is 0 Å². The van der Waals surface area contributed by atoms with E-state index in [-0.39, 0.29) is 11.9 Å². The number of hydrogen-bond donors (Lipinski definition) is 3. The zero-order valence-corrected chi connectivity index (χ0v) is 16.8. The van der Waals surface area contributed by atoms with Gasteiger partial charge in [0.1, 0.15) is 11.6 Å². The number of aromatic nitrogens is 3. The molecule has 0 bridgehead atoms. The minimum absolute atomic E-state index is 0.0926. The van der Waals surface area contributed by atoms with Gasteiger partial charge in [-0.05, 0) is 48.4 Å². The minimum Gasteiger partial charge on any atom is -0.462 e. The summed E-state index contributed by atoms with van der Waals surface area (Å²) in [6.07, 6.45) is 5.38. The number of esters is 1. The predicted molar refractivity (Wildman–Crippen MR) is 116 cm³/mol. The van der Waals surface area contributed by atoms with E-state index >= 15 is 0 Å². The lowest BCUT2D eigenvalue weighted by Gasteiger charge is -2.13. The van der Waals surface area contributed by atoms with Crippen LogP contribution in [0.25, 0.3) is 0 Å². The van der Waals surface area contributed by atoms with Gasteiger partial charge >= 0.3 is 5.97 Å². The first-order valence-corrected chi connectivity index (χ1v) is 10.0. The van der Waals surface area contributed by atoms with Gasteiger partial charge in [-0.3, -0.25) is 4.98 Å². The van der Waals surface area contributed by atoms with Gasteiger partial charge in [0.05, 0.1) is 12.2 Å². The Kier molecular flexibility index (Phi) is 5.74. The number of hydrogen-bond acceptors (Lipinski definition) is 8. The zero-order valence-electron chi connectivity index (χ0n) is 16.8. The van der Waals surface area contributed by atoms with Gasteiger partial charge in [-0.25, -0.2) is 4.79 Å². The lowest BCUT2D eigenvalue weighted by atomic mass is 9.95. The fourth-order valence-electron chi connectivity index (χ4n) is 3.41. The third-order valence-electron chi connectivity index (χ3n) is 5.01. The molecule has 3 aromatic rings. The number of unbranched alkanes of at least 4 members (excludes halogenated alkanes) is 1. The third-order valence-corrected chi connectivity index (χ3v) is 5.01. The molecule has 0 radical (unpaired) electrons. The molecule has 4 rings (SSSR count). The number of carbonyl (C=O) groups excluding carboxylic acids is 1. The molecule has 154 valence electrons. The third kappa shape index (κ3) is 4.17. The molecular formula is C22H24N6O2. The van der Waals surface area contributed by atoms with Gasteiger partial charge in [0.15, 0.2) is 0 Å². The summed E-state index contributed by atoms with van der Waals surface area (Å²) in [7, 11) is 0. The van der Waals surface area contributed by atoms with Crippen molar-refractivity contribution < 1.29 is 9.53 Å². The van der Waals surface area contributed by atoms with E-state index in [1.165, 1.54) is 0 Å². The average Bonchev–Trinajstić information content (AvgIpc) is 3.19. The highest BCUT2D eigenvalue weighted by molar-refractivity contribution is 5.89. The number of nitrogens with one attached hydrogen (secondary N) is 2. The van der Waals surface area contributed by atoms with E-state index in [4.69, 9.17) is 10.5 Å². The highest BCUT2D eigenvalue weighted by atomic mass is 16.5. The summed E-state index contributed by atoms with van der Waals surface area (Å²) < 4.78 is 5.23. The number of anilines is 4. The van der Waals surface area contributed by atoms with Crippen LogP contribution in [0, 0.1) is 0 Å². The highest BCUT2D eigenvalue weighted by Crippen LogP contribution is 2.38. The van der Waals surface area contributed by atoms with Crippen LogP contribution in [0.15, 0.2) is 48.8 Å². The minimum atomic E-state index is -0.320. The van der Waals surface area contributed by atoms with Crippen LogP contribution in [0.4, 0.5) is 23.3 Å². The van der Waals surface area contributed by atoms with Gasteiger partial charge in [0.2, 0.25) is 5.95 Å². The van der Waals surface area contributed by atoms with Crippen molar-refractivity contribution in [3.8, 4) is 0 Å². The summed E-state index contributed by atoms with van der Waals surface area (Å²) in [5.41, 5.74) is 9.55. The smallest absolute Gasteiger partial charge is 0.338 e. The SMILES string of the molecule is CCCCOC(=O)c1ccc(Nc2nc(N)c3c(n2)NCC3c2ccncc2)cc1. The van der Waals surface area contributed by atoms with E-state index in [1.54, 1.807) is 36.7 Å². The van der Waals surface area contributed by atoms with Crippen molar-refractivity contribution in [2.24, 2.45) is 0 Å². The Morgan fingerprint density at radius 2 is 1.97 bits per heavy atom. The van der Waals surface area contributed by atoms with Crippen molar-refractivity contribution >= 4 is 29.2 Å². The van der Waals surface area contributed by atoms with Crippen LogP contribution in [-0.4, -0.2) is 34.1 Å². The molecule has 1 atom stereocenters. The molecule has 0 amide bonds. The number of nitrogen functional groups attached to an aromatic ring is 1. The van der Waals surface area contributed by atoms with Crippen LogP contribution in [0.5, 0.6) is 0 Å². The number of ether oxygens (including phenoxy) is 1. The topological polar surface area (TPSA) is 115 Å². The van der Waals surface area contributed by atoms with Crippen LogP contribution in [0.2, 0.25) is 0 Å². The molecule has 1 aliphatic heterocycles. The summed E-state index contributed by atoms with van der Waals surface area (Å²) in [5.74, 6) is 1.33.